The molecule has 102 valence electrons. The van der Waals surface area contributed by atoms with Gasteiger partial charge >= 0.3 is 12.1 Å². The summed E-state index contributed by atoms with van der Waals surface area (Å²) in [5, 5.41) is 0. The average Bonchev–Trinajstić information content (AvgIpc) is 2.26. The fourth-order valence-corrected chi connectivity index (χ4v) is 1.36. The minimum absolute atomic E-state index is 0.728. The van der Waals surface area contributed by atoms with Gasteiger partial charge in [-0.05, 0) is 6.07 Å². The Morgan fingerprint density at radius 2 is 1.72 bits per heavy atom. The second-order valence-corrected chi connectivity index (χ2v) is 3.46. The molecular weight excluding hydrogens is 264 g/mol. The first kappa shape index (κ1) is 14.6. The Morgan fingerprint density at radius 1 is 1.17 bits per heavy atom. The quantitative estimate of drug-likeness (QED) is 0.859. The van der Waals surface area contributed by atoms with E-state index in [9.17, 15) is 26.3 Å². The van der Waals surface area contributed by atoms with Crippen LogP contribution in [0.1, 0.15) is 11.6 Å². The van der Waals surface area contributed by atoms with Gasteiger partial charge < -0.3 is 10.5 Å². The highest BCUT2D eigenvalue weighted by Gasteiger charge is 2.62. The highest BCUT2D eigenvalue weighted by Crippen LogP contribution is 2.45. The van der Waals surface area contributed by atoms with E-state index in [2.05, 4.69) is 4.74 Å². The highest BCUT2D eigenvalue weighted by atomic mass is 19.4. The molecule has 18 heavy (non-hydrogen) atoms. The lowest BCUT2D eigenvalue weighted by Gasteiger charge is -2.26. The van der Waals surface area contributed by atoms with Crippen molar-refractivity contribution in [1.82, 2.24) is 0 Å². The Morgan fingerprint density at radius 3 is 2.17 bits per heavy atom. The van der Waals surface area contributed by atoms with Crippen molar-refractivity contribution in [3.05, 3.63) is 29.6 Å². The lowest BCUT2D eigenvalue weighted by molar-refractivity contribution is -0.291. The molecule has 0 spiro atoms. The van der Waals surface area contributed by atoms with Crippen LogP contribution in [0.5, 0.6) is 5.75 Å². The van der Waals surface area contributed by atoms with Crippen molar-refractivity contribution < 1.29 is 31.1 Å². The molecule has 1 aromatic rings. The molecule has 1 aromatic carbocycles. The van der Waals surface area contributed by atoms with E-state index in [1.54, 1.807) is 0 Å². The number of benzene rings is 1. The summed E-state index contributed by atoms with van der Waals surface area (Å²) < 4.78 is 80.1. The molecule has 0 saturated heterocycles. The van der Waals surface area contributed by atoms with E-state index in [0.29, 0.717) is 0 Å². The van der Waals surface area contributed by atoms with Gasteiger partial charge in [-0.15, -0.1) is 0 Å². The van der Waals surface area contributed by atoms with Crippen molar-refractivity contribution in [2.75, 3.05) is 7.11 Å². The van der Waals surface area contributed by atoms with E-state index in [-0.39, 0.29) is 0 Å². The maximum Gasteiger partial charge on any atom is 0.455 e. The van der Waals surface area contributed by atoms with Gasteiger partial charge in [0.25, 0.3) is 0 Å². The zero-order chi connectivity index (χ0) is 14.1. The number of rotatable bonds is 3. The predicted octanol–water partition coefficient (Wildman–Crippen LogP) is 3.03. The second kappa shape index (κ2) is 4.68. The number of nitrogens with two attached hydrogens (primary N) is 1. The van der Waals surface area contributed by atoms with E-state index in [1.807, 2.05) is 0 Å². The van der Waals surface area contributed by atoms with Gasteiger partial charge in [0.2, 0.25) is 0 Å². The molecule has 8 heteroatoms. The summed E-state index contributed by atoms with van der Waals surface area (Å²) in [6, 6.07) is -0.0601. The van der Waals surface area contributed by atoms with E-state index in [1.165, 1.54) is 0 Å². The molecule has 0 amide bonds. The molecule has 0 aliphatic heterocycles. The van der Waals surface area contributed by atoms with Crippen LogP contribution in [0.25, 0.3) is 0 Å². The second-order valence-electron chi connectivity index (χ2n) is 3.46. The number of alkyl halides is 5. The number of hydrogen-bond acceptors (Lipinski definition) is 2. The Labute approximate surface area is 98.3 Å². The van der Waals surface area contributed by atoms with E-state index in [0.717, 1.165) is 25.3 Å². The fraction of sp³-hybridized carbons (Fsp3) is 0.400. The highest BCUT2D eigenvalue weighted by molar-refractivity contribution is 5.38. The van der Waals surface area contributed by atoms with Crippen molar-refractivity contribution >= 4 is 0 Å². The summed E-state index contributed by atoms with van der Waals surface area (Å²) in [4.78, 5) is 0. The Bertz CT molecular complexity index is 431. The molecule has 0 aliphatic carbocycles. The maximum atomic E-state index is 13.2. The maximum absolute atomic E-state index is 13.2. The van der Waals surface area contributed by atoms with Crippen LogP contribution in [-0.2, 0) is 0 Å². The summed E-state index contributed by atoms with van der Waals surface area (Å²) in [7, 11) is 0.945. The first-order valence-corrected chi connectivity index (χ1v) is 4.65. The molecule has 0 aromatic heterocycles. The first-order valence-electron chi connectivity index (χ1n) is 4.65. The van der Waals surface area contributed by atoms with Crippen LogP contribution in [0, 0.1) is 5.82 Å². The molecule has 0 saturated carbocycles. The minimum atomic E-state index is -5.83. The molecular formula is C10H9F6NO. The van der Waals surface area contributed by atoms with Crippen molar-refractivity contribution in [3.63, 3.8) is 0 Å². The number of halogens is 6. The van der Waals surface area contributed by atoms with Gasteiger partial charge in [0.1, 0.15) is 6.04 Å². The molecule has 2 N–H and O–H groups in total. The Hall–Kier alpha value is -1.44. The molecule has 0 aliphatic rings. The van der Waals surface area contributed by atoms with Crippen LogP contribution in [-0.4, -0.2) is 19.2 Å². The standard InChI is InChI=1S/C10H9F6NO/c1-18-7-5(3-2-4-6(7)11)8(17)9(12,13)10(14,15)16/h2-4,8H,17H2,1H3/t8-/m0/s1. The van der Waals surface area contributed by atoms with Gasteiger partial charge in [0.05, 0.1) is 7.11 Å². The van der Waals surface area contributed by atoms with E-state index >= 15 is 0 Å². The number of ether oxygens (including phenoxy) is 1. The molecule has 1 atom stereocenters. The number of methoxy groups -OCH3 is 1. The SMILES string of the molecule is COc1c(F)cccc1[C@H](N)C(F)(F)C(F)(F)F. The fourth-order valence-electron chi connectivity index (χ4n) is 1.36. The molecule has 0 radical (unpaired) electrons. The van der Waals surface area contributed by atoms with Gasteiger partial charge in [-0.1, -0.05) is 12.1 Å². The molecule has 0 heterocycles. The van der Waals surface area contributed by atoms with Gasteiger partial charge in [-0.3, -0.25) is 0 Å². The molecule has 2 nitrogen and oxygen atoms in total. The van der Waals surface area contributed by atoms with Gasteiger partial charge in [0, 0.05) is 5.56 Å². The van der Waals surface area contributed by atoms with Crippen molar-refractivity contribution in [3.8, 4) is 5.75 Å². The molecule has 0 fully saturated rings. The predicted molar refractivity (Wildman–Crippen MR) is 50.9 cm³/mol. The first-order chi connectivity index (χ1) is 8.13. The Kier molecular flexibility index (Phi) is 3.80. The van der Waals surface area contributed by atoms with Gasteiger partial charge in [0.15, 0.2) is 11.6 Å². The number of para-hydroxylation sites is 1. The third-order valence-electron chi connectivity index (χ3n) is 2.31. The zero-order valence-electron chi connectivity index (χ0n) is 9.06. The van der Waals surface area contributed by atoms with Crippen LogP contribution >= 0.6 is 0 Å². The Balaban J connectivity index is 3.27. The van der Waals surface area contributed by atoms with Gasteiger partial charge in [-0.2, -0.15) is 22.0 Å². The van der Waals surface area contributed by atoms with Crippen LogP contribution in [0.3, 0.4) is 0 Å². The largest absolute Gasteiger partial charge is 0.493 e. The van der Waals surface area contributed by atoms with Crippen molar-refractivity contribution in [1.29, 1.82) is 0 Å². The molecule has 0 bridgehead atoms. The third-order valence-corrected chi connectivity index (χ3v) is 2.31. The van der Waals surface area contributed by atoms with Crippen molar-refractivity contribution in [2.45, 2.75) is 18.1 Å². The van der Waals surface area contributed by atoms with Crippen LogP contribution in [0.15, 0.2) is 18.2 Å². The van der Waals surface area contributed by atoms with E-state index in [4.69, 9.17) is 5.73 Å². The molecule has 1 rings (SSSR count). The average molecular weight is 273 g/mol. The summed E-state index contributed by atoms with van der Waals surface area (Å²) in [5.74, 6) is -6.98. The van der Waals surface area contributed by atoms with Crippen molar-refractivity contribution in [2.24, 2.45) is 5.73 Å². The summed E-state index contributed by atoms with van der Waals surface area (Å²) in [5.41, 5.74) is 4.14. The molecule has 0 unspecified atom stereocenters. The summed E-state index contributed by atoms with van der Waals surface area (Å²) >= 11 is 0. The van der Waals surface area contributed by atoms with Crippen LogP contribution in [0.2, 0.25) is 0 Å². The smallest absolute Gasteiger partial charge is 0.455 e. The normalized spacial score (nSPS) is 14.4. The monoisotopic (exact) mass is 273 g/mol. The summed E-state index contributed by atoms with van der Waals surface area (Å²) in [6.07, 6.45) is -5.83. The lowest BCUT2D eigenvalue weighted by atomic mass is 10.00. The topological polar surface area (TPSA) is 35.2 Å². The number of hydrogen-bond donors (Lipinski definition) is 1. The zero-order valence-corrected chi connectivity index (χ0v) is 9.06. The third kappa shape index (κ3) is 2.38. The minimum Gasteiger partial charge on any atom is -0.493 e. The van der Waals surface area contributed by atoms with E-state index < -0.39 is 35.3 Å². The van der Waals surface area contributed by atoms with Crippen LogP contribution < -0.4 is 10.5 Å². The lowest BCUT2D eigenvalue weighted by Crippen LogP contribution is -2.46. The van der Waals surface area contributed by atoms with Gasteiger partial charge in [-0.25, -0.2) is 4.39 Å². The summed E-state index contributed by atoms with van der Waals surface area (Å²) in [6.45, 7) is 0. The van der Waals surface area contributed by atoms with Crippen LogP contribution in [0.4, 0.5) is 26.3 Å².